The Bertz CT molecular complexity index is 566. The highest BCUT2D eigenvalue weighted by Gasteiger charge is 2.13. The highest BCUT2D eigenvalue weighted by atomic mass is 79.9. The zero-order valence-electron chi connectivity index (χ0n) is 8.72. The van der Waals surface area contributed by atoms with Crippen LogP contribution in [0.5, 0.6) is 0 Å². The highest BCUT2D eigenvalue weighted by molar-refractivity contribution is 9.10. The number of nitro benzene ring substituents is 1. The highest BCUT2D eigenvalue weighted by Crippen LogP contribution is 2.32. The largest absolute Gasteiger partial charge is 0.460 e. The van der Waals surface area contributed by atoms with Crippen LogP contribution in [0.1, 0.15) is 5.76 Å². The van der Waals surface area contributed by atoms with Crippen LogP contribution >= 0.6 is 15.9 Å². The fourth-order valence-electron chi connectivity index (χ4n) is 1.45. The maximum atomic E-state index is 10.7. The van der Waals surface area contributed by atoms with E-state index in [4.69, 9.17) is 10.2 Å². The van der Waals surface area contributed by atoms with Crippen LogP contribution in [0.25, 0.3) is 11.3 Å². The van der Waals surface area contributed by atoms with Gasteiger partial charge in [-0.25, -0.2) is 0 Å². The number of furan rings is 1. The fraction of sp³-hybridized carbons (Fsp3) is 0.0909. The first kappa shape index (κ1) is 11.8. The molecule has 0 saturated heterocycles. The van der Waals surface area contributed by atoms with Crippen molar-refractivity contribution in [2.75, 3.05) is 0 Å². The molecule has 2 rings (SSSR count). The Hall–Kier alpha value is -1.66. The van der Waals surface area contributed by atoms with Crippen LogP contribution in [-0.2, 0) is 6.54 Å². The second-order valence-electron chi connectivity index (χ2n) is 3.39. The van der Waals surface area contributed by atoms with Gasteiger partial charge < -0.3 is 10.2 Å². The lowest BCUT2D eigenvalue weighted by Gasteiger charge is -2.01. The van der Waals surface area contributed by atoms with Gasteiger partial charge in [-0.15, -0.1) is 0 Å². The summed E-state index contributed by atoms with van der Waals surface area (Å²) in [5, 5.41) is 10.7. The van der Waals surface area contributed by atoms with Crippen molar-refractivity contribution in [3.05, 3.63) is 50.7 Å². The van der Waals surface area contributed by atoms with Gasteiger partial charge in [0.1, 0.15) is 11.5 Å². The normalized spacial score (nSPS) is 10.5. The van der Waals surface area contributed by atoms with Gasteiger partial charge in [0.05, 0.1) is 11.5 Å². The lowest BCUT2D eigenvalue weighted by molar-refractivity contribution is -0.384. The maximum absolute atomic E-state index is 10.7. The number of benzene rings is 1. The van der Waals surface area contributed by atoms with Gasteiger partial charge in [-0.2, -0.15) is 0 Å². The first-order valence-corrected chi connectivity index (χ1v) is 5.64. The summed E-state index contributed by atoms with van der Waals surface area (Å²) in [6.45, 7) is 0.298. The number of hydrogen-bond acceptors (Lipinski definition) is 4. The molecule has 2 aromatic rings. The minimum atomic E-state index is -0.442. The van der Waals surface area contributed by atoms with Crippen LogP contribution in [0.15, 0.2) is 39.2 Å². The third-order valence-electron chi connectivity index (χ3n) is 2.29. The number of rotatable bonds is 3. The molecule has 0 saturated carbocycles. The molecule has 0 aliphatic carbocycles. The minimum absolute atomic E-state index is 0.0221. The van der Waals surface area contributed by atoms with Crippen LogP contribution in [-0.4, -0.2) is 4.92 Å². The molecular weight excluding hydrogens is 288 g/mol. The van der Waals surface area contributed by atoms with Gasteiger partial charge in [0, 0.05) is 22.2 Å². The Balaban J connectivity index is 2.49. The van der Waals surface area contributed by atoms with E-state index in [0.29, 0.717) is 23.6 Å². The van der Waals surface area contributed by atoms with Crippen molar-refractivity contribution >= 4 is 21.6 Å². The van der Waals surface area contributed by atoms with Crippen molar-refractivity contribution < 1.29 is 9.34 Å². The van der Waals surface area contributed by atoms with Gasteiger partial charge >= 0.3 is 0 Å². The number of halogens is 1. The molecule has 17 heavy (non-hydrogen) atoms. The Kier molecular flexibility index (Phi) is 3.26. The Morgan fingerprint density at radius 3 is 2.71 bits per heavy atom. The zero-order chi connectivity index (χ0) is 12.4. The first-order chi connectivity index (χ1) is 8.11. The predicted octanol–water partition coefficient (Wildman–Crippen LogP) is 3.08. The van der Waals surface area contributed by atoms with Crippen LogP contribution in [0.4, 0.5) is 5.69 Å². The van der Waals surface area contributed by atoms with Gasteiger partial charge in [0.15, 0.2) is 0 Å². The number of non-ortho nitro benzene ring substituents is 1. The van der Waals surface area contributed by atoms with Gasteiger partial charge in [-0.3, -0.25) is 10.1 Å². The van der Waals surface area contributed by atoms with E-state index in [1.54, 1.807) is 18.2 Å². The fourth-order valence-corrected chi connectivity index (χ4v) is 1.89. The molecule has 0 unspecified atom stereocenters. The predicted molar refractivity (Wildman–Crippen MR) is 66.4 cm³/mol. The van der Waals surface area contributed by atoms with Crippen molar-refractivity contribution in [1.82, 2.24) is 0 Å². The van der Waals surface area contributed by atoms with Crippen molar-refractivity contribution in [2.45, 2.75) is 6.54 Å². The summed E-state index contributed by atoms with van der Waals surface area (Å²) in [4.78, 5) is 10.3. The van der Waals surface area contributed by atoms with E-state index in [0.717, 1.165) is 4.47 Å². The summed E-state index contributed by atoms with van der Waals surface area (Å²) in [5.41, 5.74) is 6.10. The quantitative estimate of drug-likeness (QED) is 0.697. The lowest BCUT2D eigenvalue weighted by Crippen LogP contribution is -1.92. The number of hydrogen-bond donors (Lipinski definition) is 1. The average Bonchev–Trinajstić information content (AvgIpc) is 2.77. The molecule has 1 aromatic carbocycles. The van der Waals surface area contributed by atoms with Gasteiger partial charge in [-0.1, -0.05) is 15.9 Å². The van der Waals surface area contributed by atoms with Crippen molar-refractivity contribution in [3.63, 3.8) is 0 Å². The van der Waals surface area contributed by atoms with E-state index < -0.39 is 4.92 Å². The smallest absolute Gasteiger partial charge is 0.270 e. The molecule has 0 spiro atoms. The first-order valence-electron chi connectivity index (χ1n) is 4.85. The molecule has 5 nitrogen and oxygen atoms in total. The maximum Gasteiger partial charge on any atom is 0.270 e. The number of nitro groups is 1. The van der Waals surface area contributed by atoms with Crippen LogP contribution in [0, 0.1) is 10.1 Å². The lowest BCUT2D eigenvalue weighted by atomic mass is 10.1. The van der Waals surface area contributed by atoms with Crippen LogP contribution in [0.3, 0.4) is 0 Å². The minimum Gasteiger partial charge on any atom is -0.460 e. The number of nitrogens with two attached hydrogens (primary N) is 1. The average molecular weight is 297 g/mol. The molecule has 0 atom stereocenters. The number of nitrogens with zero attached hydrogens (tertiary/aromatic N) is 1. The van der Waals surface area contributed by atoms with E-state index in [9.17, 15) is 10.1 Å². The van der Waals surface area contributed by atoms with E-state index >= 15 is 0 Å². The molecule has 0 fully saturated rings. The molecule has 0 aliphatic heterocycles. The molecular formula is C11H9BrN2O3. The van der Waals surface area contributed by atoms with E-state index in [1.807, 2.05) is 0 Å². The van der Waals surface area contributed by atoms with Gasteiger partial charge in [-0.05, 0) is 18.2 Å². The Morgan fingerprint density at radius 2 is 2.12 bits per heavy atom. The molecule has 0 aliphatic rings. The third kappa shape index (κ3) is 2.37. The zero-order valence-corrected chi connectivity index (χ0v) is 10.3. The second kappa shape index (κ2) is 4.68. The summed E-state index contributed by atoms with van der Waals surface area (Å²) in [6, 6.07) is 8.01. The van der Waals surface area contributed by atoms with Crippen molar-refractivity contribution in [1.29, 1.82) is 0 Å². The molecule has 6 heteroatoms. The Labute approximate surface area is 106 Å². The molecule has 2 N–H and O–H groups in total. The molecule has 1 aromatic heterocycles. The van der Waals surface area contributed by atoms with Crippen molar-refractivity contribution in [2.24, 2.45) is 5.73 Å². The SMILES string of the molecule is NCc1ccc(-c2cc([N+](=O)[O-])ccc2Br)o1. The Morgan fingerprint density at radius 1 is 1.35 bits per heavy atom. The summed E-state index contributed by atoms with van der Waals surface area (Å²) in [6.07, 6.45) is 0. The summed E-state index contributed by atoms with van der Waals surface area (Å²) in [5.74, 6) is 1.19. The summed E-state index contributed by atoms with van der Waals surface area (Å²) in [7, 11) is 0. The monoisotopic (exact) mass is 296 g/mol. The van der Waals surface area contributed by atoms with E-state index in [-0.39, 0.29) is 5.69 Å². The van der Waals surface area contributed by atoms with Crippen LogP contribution in [0.2, 0.25) is 0 Å². The molecule has 0 bridgehead atoms. The summed E-state index contributed by atoms with van der Waals surface area (Å²) < 4.78 is 6.19. The topological polar surface area (TPSA) is 82.3 Å². The molecule has 1 heterocycles. The second-order valence-corrected chi connectivity index (χ2v) is 4.25. The summed E-state index contributed by atoms with van der Waals surface area (Å²) >= 11 is 3.33. The molecule has 0 radical (unpaired) electrons. The molecule has 0 amide bonds. The van der Waals surface area contributed by atoms with Crippen molar-refractivity contribution in [3.8, 4) is 11.3 Å². The van der Waals surface area contributed by atoms with E-state index in [2.05, 4.69) is 15.9 Å². The standard InChI is InChI=1S/C11H9BrN2O3/c12-10-3-1-7(14(15)16)5-9(10)11-4-2-8(6-13)17-11/h1-5H,6,13H2. The van der Waals surface area contributed by atoms with Crippen LogP contribution < -0.4 is 5.73 Å². The molecule has 88 valence electrons. The van der Waals surface area contributed by atoms with Gasteiger partial charge in [0.25, 0.3) is 5.69 Å². The van der Waals surface area contributed by atoms with E-state index in [1.165, 1.54) is 12.1 Å². The van der Waals surface area contributed by atoms with Gasteiger partial charge in [0.2, 0.25) is 0 Å². The third-order valence-corrected chi connectivity index (χ3v) is 2.98.